The normalized spacial score (nSPS) is 15.0. The molecule has 11 heteroatoms. The number of amides is 3. The van der Waals surface area contributed by atoms with Crippen LogP contribution in [0.25, 0.3) is 10.9 Å². The highest BCUT2D eigenvalue weighted by Crippen LogP contribution is 2.43. The Morgan fingerprint density at radius 2 is 1.44 bits per heavy atom. The van der Waals surface area contributed by atoms with E-state index in [1.165, 1.54) is 4.90 Å². The minimum atomic E-state index is -2.24. The molecule has 1 heterocycles. The number of carbonyl (C=O) groups is 4. The number of nitrogens with zero attached hydrogens (tertiary/aromatic N) is 1. The summed E-state index contributed by atoms with van der Waals surface area (Å²) in [6, 6.07) is 12.7. The van der Waals surface area contributed by atoms with Crippen molar-refractivity contribution in [3.05, 3.63) is 90.7 Å². The van der Waals surface area contributed by atoms with E-state index >= 15 is 0 Å². The Bertz CT molecular complexity index is 1830. The Kier molecular flexibility index (Phi) is 17.0. The molecule has 0 saturated carbocycles. The van der Waals surface area contributed by atoms with E-state index < -0.39 is 50.3 Å². The molecule has 0 fully saturated rings. The highest BCUT2D eigenvalue weighted by Gasteiger charge is 2.47. The number of carbonyl (C=O) groups excluding carboxylic acids is 4. The molecule has 3 rings (SSSR count). The van der Waals surface area contributed by atoms with Gasteiger partial charge in [0.25, 0.3) is 8.32 Å². The van der Waals surface area contributed by atoms with Crippen LogP contribution in [0.4, 0.5) is 0 Å². The molecular formula is C46H68N4O6Si. The zero-order valence-electron chi connectivity index (χ0n) is 36.4. The standard InChI is InChI=1S/C46H68N4O6Si/c1-15-32(10)35(13)55-43(51)26-41(36-20-22-38(23-21-36)56-57(29(4)5,30(6)7)31(8)9)49-45(53)42(25-37-27-47-40-19-17-16-18-39(37)40)50(14)46(54)34(12)48-44(52)33(11)24-28(2)3/h15-23,27,29-35,41-42,47H,1-2,24-26H2,3-14H3,(H,48,52)(H,49,53)/t32-,33-,34-,35+,41+,42+/m0/s1. The Hall–Kier alpha value is -4.64. The minimum absolute atomic E-state index is 0.0720. The molecule has 0 aliphatic rings. The maximum atomic E-state index is 14.7. The van der Waals surface area contributed by atoms with Crippen molar-refractivity contribution in [2.24, 2.45) is 11.8 Å². The topological polar surface area (TPSA) is 130 Å². The van der Waals surface area contributed by atoms with Gasteiger partial charge in [-0.05, 0) is 73.1 Å². The summed E-state index contributed by atoms with van der Waals surface area (Å²) in [6.07, 6.45) is 3.68. The number of allylic oxidation sites excluding steroid dienone is 1. The molecule has 6 atom stereocenters. The molecule has 3 amide bonds. The lowest BCUT2D eigenvalue weighted by Gasteiger charge is -2.42. The zero-order valence-corrected chi connectivity index (χ0v) is 37.4. The summed E-state index contributed by atoms with van der Waals surface area (Å²) in [4.78, 5) is 59.8. The quantitative estimate of drug-likeness (QED) is 0.0560. The number of nitrogens with one attached hydrogen (secondary N) is 3. The van der Waals surface area contributed by atoms with Gasteiger partial charge in [0.2, 0.25) is 17.7 Å². The van der Waals surface area contributed by atoms with Crippen LogP contribution >= 0.6 is 0 Å². The number of hydrogen-bond donors (Lipinski definition) is 3. The van der Waals surface area contributed by atoms with E-state index in [9.17, 15) is 19.2 Å². The number of aromatic amines is 1. The SMILES string of the molecule is C=C[C@H](C)[C@@H](C)OC(=O)C[C@@H](NC(=O)[C@@H](Cc1c[nH]c2ccccc12)N(C)C(=O)[C@H](C)NC(=O)[C@@H](C)CC(=C)C)c1ccc(O[Si](C(C)C)(C(C)C)C(C)C)cc1. The molecule has 3 aromatic rings. The summed E-state index contributed by atoms with van der Waals surface area (Å²) >= 11 is 0. The van der Waals surface area contributed by atoms with Crippen molar-refractivity contribution in [1.82, 2.24) is 20.5 Å². The summed E-state index contributed by atoms with van der Waals surface area (Å²) in [5.74, 6) is -1.33. The predicted molar refractivity (Wildman–Crippen MR) is 233 cm³/mol. The Morgan fingerprint density at radius 1 is 0.842 bits per heavy atom. The molecule has 57 heavy (non-hydrogen) atoms. The van der Waals surface area contributed by atoms with Crippen molar-refractivity contribution in [3.63, 3.8) is 0 Å². The number of rotatable bonds is 21. The number of aromatic nitrogens is 1. The fourth-order valence-corrected chi connectivity index (χ4v) is 13.2. The molecule has 2 aromatic carbocycles. The van der Waals surface area contributed by atoms with E-state index in [1.807, 2.05) is 75.5 Å². The highest BCUT2D eigenvalue weighted by atomic mass is 28.4. The van der Waals surface area contributed by atoms with Gasteiger partial charge in [-0.3, -0.25) is 19.2 Å². The zero-order chi connectivity index (χ0) is 42.8. The third-order valence-electron chi connectivity index (χ3n) is 11.4. The molecule has 1 aromatic heterocycles. The van der Waals surface area contributed by atoms with Crippen LogP contribution in [-0.2, 0) is 30.3 Å². The first kappa shape index (κ1) is 46.7. The van der Waals surface area contributed by atoms with Gasteiger partial charge in [0.05, 0.1) is 12.5 Å². The summed E-state index contributed by atoms with van der Waals surface area (Å²) in [6.45, 7) is 30.2. The largest absolute Gasteiger partial charge is 0.543 e. The predicted octanol–water partition coefficient (Wildman–Crippen LogP) is 9.20. The van der Waals surface area contributed by atoms with Crippen LogP contribution in [0.1, 0.15) is 106 Å². The Labute approximate surface area is 342 Å². The van der Waals surface area contributed by atoms with Crippen LogP contribution < -0.4 is 15.1 Å². The van der Waals surface area contributed by atoms with E-state index in [4.69, 9.17) is 9.16 Å². The first-order valence-electron chi connectivity index (χ1n) is 20.4. The van der Waals surface area contributed by atoms with Crippen LogP contribution in [0.3, 0.4) is 0 Å². The van der Waals surface area contributed by atoms with Crippen molar-refractivity contribution in [1.29, 1.82) is 0 Å². The second kappa shape index (κ2) is 20.7. The first-order valence-corrected chi connectivity index (χ1v) is 22.5. The van der Waals surface area contributed by atoms with Crippen molar-refractivity contribution >= 4 is 42.9 Å². The van der Waals surface area contributed by atoms with Crippen molar-refractivity contribution in [3.8, 4) is 5.75 Å². The number of likely N-dealkylation sites (N-methyl/N-ethyl adjacent to an activating group) is 1. The van der Waals surface area contributed by atoms with Crippen molar-refractivity contribution < 1.29 is 28.3 Å². The number of benzene rings is 2. The molecule has 0 saturated heterocycles. The van der Waals surface area contributed by atoms with Gasteiger partial charge in [-0.25, -0.2) is 0 Å². The van der Waals surface area contributed by atoms with Gasteiger partial charge >= 0.3 is 5.97 Å². The molecule has 0 bridgehead atoms. The van der Waals surface area contributed by atoms with E-state index in [0.29, 0.717) is 28.6 Å². The summed E-state index contributed by atoms with van der Waals surface area (Å²) in [5, 5.41) is 6.88. The smallest absolute Gasteiger partial charge is 0.308 e. The molecule has 0 spiro atoms. The number of hydrogen-bond acceptors (Lipinski definition) is 6. The van der Waals surface area contributed by atoms with Crippen molar-refractivity contribution in [2.75, 3.05) is 7.05 Å². The minimum Gasteiger partial charge on any atom is -0.543 e. The number of fused-ring (bicyclic) bond motifs is 1. The Morgan fingerprint density at radius 3 is 2.00 bits per heavy atom. The molecule has 0 radical (unpaired) electrons. The number of ether oxygens (including phenoxy) is 1. The van der Waals surface area contributed by atoms with Gasteiger partial charge in [0.15, 0.2) is 0 Å². The van der Waals surface area contributed by atoms with E-state index in [-0.39, 0.29) is 30.6 Å². The van der Waals surface area contributed by atoms with E-state index in [2.05, 4.69) is 70.3 Å². The van der Waals surface area contributed by atoms with E-state index in [1.54, 1.807) is 27.0 Å². The summed E-state index contributed by atoms with van der Waals surface area (Å²) < 4.78 is 12.7. The van der Waals surface area contributed by atoms with Crippen LogP contribution in [0, 0.1) is 11.8 Å². The van der Waals surface area contributed by atoms with Gasteiger partial charge in [0, 0.05) is 42.4 Å². The van der Waals surface area contributed by atoms with Crippen LogP contribution in [0.5, 0.6) is 5.75 Å². The average Bonchev–Trinajstić information content (AvgIpc) is 3.56. The fourth-order valence-electron chi connectivity index (χ4n) is 7.97. The average molecular weight is 801 g/mol. The highest BCUT2D eigenvalue weighted by molar-refractivity contribution is 6.78. The molecular weight excluding hydrogens is 733 g/mol. The maximum Gasteiger partial charge on any atom is 0.308 e. The third-order valence-corrected chi connectivity index (χ3v) is 17.4. The van der Waals surface area contributed by atoms with E-state index in [0.717, 1.165) is 27.8 Å². The second-order valence-corrected chi connectivity index (χ2v) is 22.2. The maximum absolute atomic E-state index is 14.7. The fraction of sp³-hybridized carbons (Fsp3) is 0.522. The number of esters is 1. The lowest BCUT2D eigenvalue weighted by atomic mass is 9.99. The van der Waals surface area contributed by atoms with Crippen LogP contribution in [-0.4, -0.2) is 67.1 Å². The lowest BCUT2D eigenvalue weighted by Crippen LogP contribution is -2.55. The van der Waals surface area contributed by atoms with Gasteiger partial charge in [0.1, 0.15) is 23.9 Å². The summed E-state index contributed by atoms with van der Waals surface area (Å²) in [5.41, 5.74) is 4.43. The van der Waals surface area contributed by atoms with Crippen LogP contribution in [0.2, 0.25) is 16.6 Å². The third kappa shape index (κ3) is 11.9. The molecule has 10 nitrogen and oxygen atoms in total. The lowest BCUT2D eigenvalue weighted by molar-refractivity contribution is -0.150. The molecule has 0 unspecified atom stereocenters. The first-order chi connectivity index (χ1) is 26.7. The number of H-pyrrole nitrogens is 1. The molecule has 3 N–H and O–H groups in total. The van der Waals surface area contributed by atoms with Gasteiger partial charge in [-0.2, -0.15) is 0 Å². The van der Waals surface area contributed by atoms with Crippen LogP contribution in [0.15, 0.2) is 79.5 Å². The van der Waals surface area contributed by atoms with Gasteiger partial charge in [-0.15, -0.1) is 13.2 Å². The molecule has 312 valence electrons. The number of para-hydroxylation sites is 1. The monoisotopic (exact) mass is 800 g/mol. The van der Waals surface area contributed by atoms with Gasteiger partial charge < -0.3 is 29.7 Å². The Balaban J connectivity index is 2.02. The van der Waals surface area contributed by atoms with Crippen molar-refractivity contribution in [2.45, 2.75) is 136 Å². The summed E-state index contributed by atoms with van der Waals surface area (Å²) in [7, 11) is -0.670. The second-order valence-electron chi connectivity index (χ2n) is 16.9. The van der Waals surface area contributed by atoms with Gasteiger partial charge in [-0.1, -0.05) is 97.4 Å². The molecule has 0 aliphatic carbocycles. The molecule has 0 aliphatic heterocycles.